The van der Waals surface area contributed by atoms with Crippen molar-refractivity contribution in [3.63, 3.8) is 0 Å². The van der Waals surface area contributed by atoms with Crippen LogP contribution in [0, 0.1) is 5.92 Å². The average Bonchev–Trinajstić information content (AvgIpc) is 2.30. The summed E-state index contributed by atoms with van der Waals surface area (Å²) >= 11 is 0. The van der Waals surface area contributed by atoms with Crippen LogP contribution in [-0.4, -0.2) is 45.4 Å². The summed E-state index contributed by atoms with van der Waals surface area (Å²) in [5, 5.41) is 5.22. The minimum Gasteiger partial charge on any atom is -0.467 e. The summed E-state index contributed by atoms with van der Waals surface area (Å²) in [4.78, 5) is 22.9. The maximum Gasteiger partial charge on any atom is 0.328 e. The van der Waals surface area contributed by atoms with Gasteiger partial charge in [-0.15, -0.1) is 0 Å². The lowest BCUT2D eigenvalue weighted by molar-refractivity contribution is -0.143. The second kappa shape index (κ2) is 8.81. The van der Waals surface area contributed by atoms with E-state index in [1.165, 1.54) is 7.11 Å². The third-order valence-corrected chi connectivity index (χ3v) is 2.22. The maximum atomic E-state index is 11.5. The van der Waals surface area contributed by atoms with Crippen molar-refractivity contribution in [2.24, 2.45) is 5.92 Å². The van der Waals surface area contributed by atoms with E-state index in [4.69, 9.17) is 4.74 Å². The Kier molecular flexibility index (Phi) is 8.13. The number of methoxy groups -OCH3 is 2. The molecule has 0 aliphatic carbocycles. The number of amides is 2. The van der Waals surface area contributed by atoms with E-state index in [0.717, 1.165) is 6.42 Å². The van der Waals surface area contributed by atoms with Crippen molar-refractivity contribution < 1.29 is 19.1 Å². The molecule has 0 aliphatic rings. The van der Waals surface area contributed by atoms with Crippen LogP contribution in [0.4, 0.5) is 4.79 Å². The minimum absolute atomic E-state index is 0.0211. The van der Waals surface area contributed by atoms with E-state index in [9.17, 15) is 9.59 Å². The van der Waals surface area contributed by atoms with Gasteiger partial charge in [-0.3, -0.25) is 0 Å². The molecule has 0 bridgehead atoms. The van der Waals surface area contributed by atoms with Gasteiger partial charge in [-0.2, -0.15) is 0 Å². The predicted molar refractivity (Wildman–Crippen MR) is 63.7 cm³/mol. The van der Waals surface area contributed by atoms with E-state index in [2.05, 4.69) is 15.4 Å². The summed E-state index contributed by atoms with van der Waals surface area (Å²) in [5.74, 6) is -0.459. The van der Waals surface area contributed by atoms with Crippen LogP contribution in [-0.2, 0) is 14.3 Å². The molecule has 6 nitrogen and oxygen atoms in total. The Balaban J connectivity index is 4.00. The van der Waals surface area contributed by atoms with Crippen LogP contribution in [0.1, 0.15) is 20.3 Å². The van der Waals surface area contributed by atoms with Crippen LogP contribution in [0.25, 0.3) is 0 Å². The number of ether oxygens (including phenoxy) is 2. The molecule has 6 heteroatoms. The first-order chi connectivity index (χ1) is 8.02. The van der Waals surface area contributed by atoms with Gasteiger partial charge in [0, 0.05) is 20.3 Å². The van der Waals surface area contributed by atoms with Gasteiger partial charge in [-0.25, -0.2) is 9.59 Å². The summed E-state index contributed by atoms with van der Waals surface area (Å²) in [7, 11) is 2.90. The van der Waals surface area contributed by atoms with Crippen LogP contribution in [0.15, 0.2) is 0 Å². The van der Waals surface area contributed by atoms with Crippen LogP contribution in [0.5, 0.6) is 0 Å². The highest BCUT2D eigenvalue weighted by molar-refractivity contribution is 5.83. The zero-order valence-electron chi connectivity index (χ0n) is 10.9. The Bertz CT molecular complexity index is 244. The normalized spacial score (nSPS) is 12.1. The molecule has 2 N–H and O–H groups in total. The van der Waals surface area contributed by atoms with E-state index < -0.39 is 12.0 Å². The number of nitrogens with one attached hydrogen (secondary N) is 2. The molecular weight excluding hydrogens is 224 g/mol. The molecule has 0 rings (SSSR count). The highest BCUT2D eigenvalue weighted by atomic mass is 16.5. The van der Waals surface area contributed by atoms with Gasteiger partial charge in [0.25, 0.3) is 0 Å². The van der Waals surface area contributed by atoms with Crippen LogP contribution in [0.3, 0.4) is 0 Å². The molecule has 100 valence electrons. The summed E-state index contributed by atoms with van der Waals surface area (Å²) in [6, 6.07) is -0.993. The SMILES string of the molecule is COCCCNC(=O)N[C@H](C(=O)OC)C(C)C. The second-order valence-electron chi connectivity index (χ2n) is 3.99. The van der Waals surface area contributed by atoms with Crippen molar-refractivity contribution in [3.05, 3.63) is 0 Å². The standard InChI is InChI=1S/C11H22N2O4/c1-8(2)9(10(14)17-4)13-11(15)12-6-5-7-16-3/h8-9H,5-7H2,1-4H3,(H2,12,13,15)/t9-/m0/s1. The van der Waals surface area contributed by atoms with Gasteiger partial charge >= 0.3 is 12.0 Å². The Morgan fingerprint density at radius 2 is 1.88 bits per heavy atom. The van der Waals surface area contributed by atoms with Crippen molar-refractivity contribution in [1.29, 1.82) is 0 Å². The van der Waals surface area contributed by atoms with Crippen molar-refractivity contribution >= 4 is 12.0 Å². The smallest absolute Gasteiger partial charge is 0.328 e. The van der Waals surface area contributed by atoms with Gasteiger partial charge < -0.3 is 20.1 Å². The largest absolute Gasteiger partial charge is 0.467 e. The van der Waals surface area contributed by atoms with Crippen molar-refractivity contribution in [1.82, 2.24) is 10.6 Å². The number of urea groups is 1. The molecule has 0 spiro atoms. The predicted octanol–water partition coefficient (Wildman–Crippen LogP) is 0.520. The zero-order chi connectivity index (χ0) is 13.3. The molecule has 17 heavy (non-hydrogen) atoms. The minimum atomic E-state index is -0.623. The van der Waals surface area contributed by atoms with Gasteiger partial charge in [-0.1, -0.05) is 13.8 Å². The van der Waals surface area contributed by atoms with Gasteiger partial charge in [-0.05, 0) is 12.3 Å². The third kappa shape index (κ3) is 6.78. The fraction of sp³-hybridized carbons (Fsp3) is 0.818. The molecule has 0 saturated carbocycles. The number of hydrogen-bond acceptors (Lipinski definition) is 4. The Labute approximate surface area is 102 Å². The molecule has 0 aromatic rings. The van der Waals surface area contributed by atoms with E-state index in [1.807, 2.05) is 13.8 Å². The number of esters is 1. The zero-order valence-corrected chi connectivity index (χ0v) is 10.9. The Hall–Kier alpha value is -1.30. The molecule has 0 heterocycles. The third-order valence-electron chi connectivity index (χ3n) is 2.22. The van der Waals surface area contributed by atoms with Gasteiger partial charge in [0.05, 0.1) is 7.11 Å². The first-order valence-corrected chi connectivity index (χ1v) is 5.64. The average molecular weight is 246 g/mol. The van der Waals surface area contributed by atoms with Crippen LogP contribution < -0.4 is 10.6 Å². The van der Waals surface area contributed by atoms with Crippen molar-refractivity contribution in [2.75, 3.05) is 27.4 Å². The Morgan fingerprint density at radius 3 is 2.35 bits per heavy atom. The molecular formula is C11H22N2O4. The van der Waals surface area contributed by atoms with E-state index in [1.54, 1.807) is 7.11 Å². The molecule has 0 saturated heterocycles. The summed E-state index contributed by atoms with van der Waals surface area (Å²) < 4.78 is 9.47. The Morgan fingerprint density at radius 1 is 1.24 bits per heavy atom. The van der Waals surface area contributed by atoms with Gasteiger partial charge in [0.1, 0.15) is 6.04 Å². The first-order valence-electron chi connectivity index (χ1n) is 5.64. The monoisotopic (exact) mass is 246 g/mol. The number of carbonyl (C=O) groups is 2. The number of rotatable bonds is 7. The van der Waals surface area contributed by atoms with Crippen LogP contribution in [0.2, 0.25) is 0 Å². The van der Waals surface area contributed by atoms with E-state index in [0.29, 0.717) is 13.2 Å². The highest BCUT2D eigenvalue weighted by Gasteiger charge is 2.24. The van der Waals surface area contributed by atoms with Crippen molar-refractivity contribution in [3.8, 4) is 0 Å². The van der Waals surface area contributed by atoms with Crippen LogP contribution >= 0.6 is 0 Å². The second-order valence-corrected chi connectivity index (χ2v) is 3.99. The van der Waals surface area contributed by atoms with E-state index in [-0.39, 0.29) is 11.9 Å². The van der Waals surface area contributed by atoms with Crippen molar-refractivity contribution in [2.45, 2.75) is 26.3 Å². The van der Waals surface area contributed by atoms with E-state index >= 15 is 0 Å². The molecule has 0 aliphatic heterocycles. The molecule has 0 aromatic carbocycles. The lowest BCUT2D eigenvalue weighted by Gasteiger charge is -2.19. The van der Waals surface area contributed by atoms with Gasteiger partial charge in [0.2, 0.25) is 0 Å². The fourth-order valence-electron chi connectivity index (χ4n) is 1.24. The summed E-state index contributed by atoms with van der Waals surface area (Å²) in [6.45, 7) is 4.77. The number of hydrogen-bond donors (Lipinski definition) is 2. The summed E-state index contributed by atoms with van der Waals surface area (Å²) in [5.41, 5.74) is 0. The number of carbonyl (C=O) groups excluding carboxylic acids is 2. The molecule has 0 unspecified atom stereocenters. The maximum absolute atomic E-state index is 11.5. The topological polar surface area (TPSA) is 76.7 Å². The molecule has 0 radical (unpaired) electrons. The molecule has 0 aromatic heterocycles. The highest BCUT2D eigenvalue weighted by Crippen LogP contribution is 2.03. The quantitative estimate of drug-likeness (QED) is 0.507. The molecule has 2 amide bonds. The molecule has 0 fully saturated rings. The lowest BCUT2D eigenvalue weighted by Crippen LogP contribution is -2.49. The van der Waals surface area contributed by atoms with Gasteiger partial charge in [0.15, 0.2) is 0 Å². The lowest BCUT2D eigenvalue weighted by atomic mass is 10.1. The molecule has 1 atom stereocenters. The first kappa shape index (κ1) is 15.7. The summed E-state index contributed by atoms with van der Waals surface area (Å²) in [6.07, 6.45) is 0.731. The fourth-order valence-corrected chi connectivity index (χ4v) is 1.24.